The van der Waals surface area contributed by atoms with Crippen molar-refractivity contribution in [2.45, 2.75) is 19.3 Å². The van der Waals surface area contributed by atoms with Crippen LogP contribution in [0.25, 0.3) is 0 Å². The summed E-state index contributed by atoms with van der Waals surface area (Å²) >= 11 is 0. The molecule has 1 aliphatic rings. The van der Waals surface area contributed by atoms with Crippen LogP contribution in [0.1, 0.15) is 29.6 Å². The molecular formula is C14H18FNO. The van der Waals surface area contributed by atoms with Crippen LogP contribution in [0.5, 0.6) is 0 Å². The normalized spacial score (nSPS) is 22.1. The van der Waals surface area contributed by atoms with E-state index in [2.05, 4.69) is 11.9 Å². The standard InChI is InChI=1S/C14H18FNO/c1-16-9-2-3-11(8-10-16)14(17)12-4-6-13(15)7-5-12/h4-7,11H,2-3,8-10H2,1H3. The number of rotatable bonds is 2. The highest BCUT2D eigenvalue weighted by Gasteiger charge is 2.22. The average molecular weight is 235 g/mol. The van der Waals surface area contributed by atoms with Crippen LogP contribution in [0.2, 0.25) is 0 Å². The average Bonchev–Trinajstić information content (AvgIpc) is 2.54. The lowest BCUT2D eigenvalue weighted by Crippen LogP contribution is -2.20. The maximum atomic E-state index is 12.8. The zero-order valence-corrected chi connectivity index (χ0v) is 10.2. The third kappa shape index (κ3) is 3.13. The molecule has 2 nitrogen and oxygen atoms in total. The Labute approximate surface area is 101 Å². The summed E-state index contributed by atoms with van der Waals surface area (Å²) in [5.41, 5.74) is 0.640. The summed E-state index contributed by atoms with van der Waals surface area (Å²) < 4.78 is 12.8. The number of carbonyl (C=O) groups excluding carboxylic acids is 1. The van der Waals surface area contributed by atoms with Crippen molar-refractivity contribution in [2.24, 2.45) is 5.92 Å². The Bertz CT molecular complexity index is 388. The van der Waals surface area contributed by atoms with Gasteiger partial charge in [0.1, 0.15) is 5.82 Å². The largest absolute Gasteiger partial charge is 0.306 e. The fraction of sp³-hybridized carbons (Fsp3) is 0.500. The number of likely N-dealkylation sites (tertiary alicyclic amines) is 1. The van der Waals surface area contributed by atoms with E-state index in [0.717, 1.165) is 32.4 Å². The topological polar surface area (TPSA) is 20.3 Å². The van der Waals surface area contributed by atoms with Crippen molar-refractivity contribution in [1.29, 1.82) is 0 Å². The fourth-order valence-electron chi connectivity index (χ4n) is 2.35. The molecule has 92 valence electrons. The van der Waals surface area contributed by atoms with Gasteiger partial charge in [0.25, 0.3) is 0 Å². The first-order chi connectivity index (χ1) is 8.16. The van der Waals surface area contributed by atoms with E-state index in [1.54, 1.807) is 12.1 Å². The third-order valence-corrected chi connectivity index (χ3v) is 3.45. The molecule has 2 rings (SSSR count). The number of nitrogens with zero attached hydrogens (tertiary/aromatic N) is 1. The van der Waals surface area contributed by atoms with Crippen molar-refractivity contribution in [3.8, 4) is 0 Å². The van der Waals surface area contributed by atoms with Gasteiger partial charge in [0.05, 0.1) is 0 Å². The molecule has 0 amide bonds. The van der Waals surface area contributed by atoms with E-state index in [0.29, 0.717) is 5.56 Å². The maximum Gasteiger partial charge on any atom is 0.165 e. The molecule has 0 radical (unpaired) electrons. The first-order valence-corrected chi connectivity index (χ1v) is 6.15. The van der Waals surface area contributed by atoms with Crippen molar-refractivity contribution in [3.05, 3.63) is 35.6 Å². The van der Waals surface area contributed by atoms with E-state index in [1.165, 1.54) is 12.1 Å². The first kappa shape index (κ1) is 12.2. The molecule has 3 heteroatoms. The van der Waals surface area contributed by atoms with Crippen LogP contribution in [0.4, 0.5) is 4.39 Å². The van der Waals surface area contributed by atoms with E-state index < -0.39 is 0 Å². The maximum absolute atomic E-state index is 12.8. The van der Waals surface area contributed by atoms with Gasteiger partial charge in [-0.1, -0.05) is 0 Å². The SMILES string of the molecule is CN1CCCC(C(=O)c2ccc(F)cc2)CC1. The molecule has 1 unspecified atom stereocenters. The van der Waals surface area contributed by atoms with Gasteiger partial charge in [-0.3, -0.25) is 4.79 Å². The van der Waals surface area contributed by atoms with E-state index in [4.69, 9.17) is 0 Å². The van der Waals surface area contributed by atoms with Crippen LogP contribution >= 0.6 is 0 Å². The third-order valence-electron chi connectivity index (χ3n) is 3.45. The highest BCUT2D eigenvalue weighted by Crippen LogP contribution is 2.21. The van der Waals surface area contributed by atoms with Crippen LogP contribution in [-0.4, -0.2) is 30.8 Å². The molecule has 1 saturated heterocycles. The molecule has 0 bridgehead atoms. The molecule has 1 aromatic carbocycles. The summed E-state index contributed by atoms with van der Waals surface area (Å²) in [5.74, 6) is -0.0205. The monoisotopic (exact) mass is 235 g/mol. The Balaban J connectivity index is 2.06. The number of Topliss-reactive ketones (excluding diaryl/α,β-unsaturated/α-hetero) is 1. The summed E-state index contributed by atoms with van der Waals surface area (Å²) in [6, 6.07) is 5.89. The van der Waals surface area contributed by atoms with Crippen molar-refractivity contribution < 1.29 is 9.18 Å². The fourth-order valence-corrected chi connectivity index (χ4v) is 2.35. The Morgan fingerprint density at radius 3 is 2.65 bits per heavy atom. The van der Waals surface area contributed by atoms with Crippen molar-refractivity contribution in [3.63, 3.8) is 0 Å². The minimum atomic E-state index is -0.290. The molecule has 0 N–H and O–H groups in total. The van der Waals surface area contributed by atoms with Crippen LogP contribution in [0.3, 0.4) is 0 Å². The van der Waals surface area contributed by atoms with Crippen LogP contribution in [0.15, 0.2) is 24.3 Å². The Morgan fingerprint density at radius 1 is 1.24 bits per heavy atom. The van der Waals surface area contributed by atoms with Crippen molar-refractivity contribution in [2.75, 3.05) is 20.1 Å². The number of halogens is 1. The molecule has 0 aromatic heterocycles. The minimum Gasteiger partial charge on any atom is -0.306 e. The molecule has 0 saturated carbocycles. The van der Waals surface area contributed by atoms with E-state index in [9.17, 15) is 9.18 Å². The highest BCUT2D eigenvalue weighted by atomic mass is 19.1. The van der Waals surface area contributed by atoms with Crippen LogP contribution < -0.4 is 0 Å². The van der Waals surface area contributed by atoms with Gasteiger partial charge >= 0.3 is 0 Å². The number of hydrogen-bond acceptors (Lipinski definition) is 2. The summed E-state index contributed by atoms with van der Waals surface area (Å²) in [4.78, 5) is 14.5. The Hall–Kier alpha value is -1.22. The van der Waals surface area contributed by atoms with E-state index >= 15 is 0 Å². The summed E-state index contributed by atoms with van der Waals surface area (Å²) in [5, 5.41) is 0. The van der Waals surface area contributed by atoms with Gasteiger partial charge in [-0.05, 0) is 63.7 Å². The predicted molar refractivity (Wildman–Crippen MR) is 65.6 cm³/mol. The molecule has 1 fully saturated rings. The Kier molecular flexibility index (Phi) is 3.89. The summed E-state index contributed by atoms with van der Waals surface area (Å²) in [6.07, 6.45) is 2.92. The summed E-state index contributed by atoms with van der Waals surface area (Å²) in [7, 11) is 2.09. The zero-order valence-electron chi connectivity index (χ0n) is 10.2. The molecule has 1 aliphatic heterocycles. The Morgan fingerprint density at radius 2 is 1.94 bits per heavy atom. The van der Waals surface area contributed by atoms with Gasteiger partial charge in [0, 0.05) is 11.5 Å². The van der Waals surface area contributed by atoms with Crippen LogP contribution in [0, 0.1) is 11.7 Å². The van der Waals surface area contributed by atoms with Crippen molar-refractivity contribution >= 4 is 5.78 Å². The molecule has 17 heavy (non-hydrogen) atoms. The zero-order chi connectivity index (χ0) is 12.3. The number of hydrogen-bond donors (Lipinski definition) is 0. The van der Waals surface area contributed by atoms with Gasteiger partial charge in [-0.2, -0.15) is 0 Å². The lowest BCUT2D eigenvalue weighted by atomic mass is 9.91. The quantitative estimate of drug-likeness (QED) is 0.735. The second-order valence-electron chi connectivity index (χ2n) is 4.80. The first-order valence-electron chi connectivity index (χ1n) is 6.15. The predicted octanol–water partition coefficient (Wildman–Crippen LogP) is 2.74. The lowest BCUT2D eigenvalue weighted by molar-refractivity contribution is 0.0908. The van der Waals surface area contributed by atoms with Gasteiger partial charge in [-0.15, -0.1) is 0 Å². The number of benzene rings is 1. The molecule has 0 aliphatic carbocycles. The second-order valence-corrected chi connectivity index (χ2v) is 4.80. The molecule has 1 aromatic rings. The van der Waals surface area contributed by atoms with E-state index in [-0.39, 0.29) is 17.5 Å². The number of carbonyl (C=O) groups is 1. The second kappa shape index (κ2) is 5.41. The molecular weight excluding hydrogens is 217 g/mol. The van der Waals surface area contributed by atoms with Gasteiger partial charge in [-0.25, -0.2) is 4.39 Å². The highest BCUT2D eigenvalue weighted by molar-refractivity contribution is 5.97. The lowest BCUT2D eigenvalue weighted by Gasteiger charge is -2.14. The van der Waals surface area contributed by atoms with E-state index in [1.807, 2.05) is 0 Å². The van der Waals surface area contributed by atoms with Gasteiger partial charge < -0.3 is 4.90 Å². The van der Waals surface area contributed by atoms with Crippen molar-refractivity contribution in [1.82, 2.24) is 4.90 Å². The number of ketones is 1. The molecule has 1 heterocycles. The summed E-state index contributed by atoms with van der Waals surface area (Å²) in [6.45, 7) is 2.03. The molecule has 1 atom stereocenters. The minimum absolute atomic E-state index is 0.102. The smallest absolute Gasteiger partial charge is 0.165 e. The van der Waals surface area contributed by atoms with Crippen LogP contribution in [-0.2, 0) is 0 Å². The van der Waals surface area contributed by atoms with Gasteiger partial charge in [0.2, 0.25) is 0 Å². The molecule has 0 spiro atoms. The van der Waals surface area contributed by atoms with Gasteiger partial charge in [0.15, 0.2) is 5.78 Å².